The van der Waals surface area contributed by atoms with Crippen LogP contribution in [0.4, 0.5) is 0 Å². The van der Waals surface area contributed by atoms with E-state index in [1.807, 2.05) is 41.7 Å². The summed E-state index contributed by atoms with van der Waals surface area (Å²) in [4.78, 5) is 17.8. The van der Waals surface area contributed by atoms with Crippen LogP contribution in [-0.2, 0) is 14.6 Å². The SMILES string of the molecule is CC(NO)[C@@](C)(CCN1CN(C)C(c2ccc(-n3nccn3)cc2)=CC1=O)S(C)(=O)=O. The number of aromatic nitrogens is 3. The normalized spacial score (nSPS) is 18.0. The van der Waals surface area contributed by atoms with E-state index in [1.165, 1.54) is 4.80 Å². The molecule has 31 heavy (non-hydrogen) atoms. The Morgan fingerprint density at radius 1 is 1.23 bits per heavy atom. The van der Waals surface area contributed by atoms with Crippen molar-refractivity contribution < 1.29 is 18.4 Å². The summed E-state index contributed by atoms with van der Waals surface area (Å²) in [6.45, 7) is 3.75. The van der Waals surface area contributed by atoms with Gasteiger partial charge in [0.05, 0.1) is 35.2 Å². The number of carbonyl (C=O) groups is 1. The molecule has 2 atom stereocenters. The Hall–Kier alpha value is -2.76. The highest BCUT2D eigenvalue weighted by molar-refractivity contribution is 7.92. The molecule has 0 saturated carbocycles. The maximum absolute atomic E-state index is 12.8. The monoisotopic (exact) mass is 448 g/mol. The van der Waals surface area contributed by atoms with E-state index in [-0.39, 0.29) is 18.9 Å². The van der Waals surface area contributed by atoms with Crippen molar-refractivity contribution in [1.82, 2.24) is 30.3 Å². The van der Waals surface area contributed by atoms with Crippen molar-refractivity contribution in [1.29, 1.82) is 0 Å². The molecule has 10 nitrogen and oxygen atoms in total. The molecule has 168 valence electrons. The summed E-state index contributed by atoms with van der Waals surface area (Å²) in [6, 6.07) is 6.87. The lowest BCUT2D eigenvalue weighted by Crippen LogP contribution is -2.53. The van der Waals surface area contributed by atoms with Gasteiger partial charge >= 0.3 is 0 Å². The van der Waals surface area contributed by atoms with Crippen LogP contribution in [0.5, 0.6) is 0 Å². The Kier molecular flexibility index (Phi) is 6.48. The number of carbonyl (C=O) groups excluding carboxylic acids is 1. The second-order valence-corrected chi connectivity index (χ2v) is 10.5. The lowest BCUT2D eigenvalue weighted by molar-refractivity contribution is -0.128. The Balaban J connectivity index is 1.75. The first kappa shape index (κ1) is 22.9. The van der Waals surface area contributed by atoms with Gasteiger partial charge in [-0.2, -0.15) is 15.0 Å². The van der Waals surface area contributed by atoms with Gasteiger partial charge in [0.15, 0.2) is 9.84 Å². The molecule has 1 aromatic heterocycles. The van der Waals surface area contributed by atoms with Crippen molar-refractivity contribution in [2.45, 2.75) is 31.1 Å². The van der Waals surface area contributed by atoms with E-state index in [0.717, 1.165) is 23.2 Å². The van der Waals surface area contributed by atoms with Gasteiger partial charge in [-0.3, -0.25) is 4.79 Å². The second-order valence-electron chi connectivity index (χ2n) is 8.02. The van der Waals surface area contributed by atoms with Crippen LogP contribution < -0.4 is 5.48 Å². The molecule has 2 N–H and O–H groups in total. The molecule has 11 heteroatoms. The number of hydroxylamine groups is 1. The molecule has 2 aromatic rings. The molecular formula is C20H28N6O4S. The van der Waals surface area contributed by atoms with E-state index in [2.05, 4.69) is 10.2 Å². The summed E-state index contributed by atoms with van der Waals surface area (Å²) in [6.07, 6.45) is 6.09. The summed E-state index contributed by atoms with van der Waals surface area (Å²) in [7, 11) is -1.61. The maximum atomic E-state index is 12.8. The molecule has 3 rings (SSSR count). The molecule has 2 heterocycles. The predicted molar refractivity (Wildman–Crippen MR) is 116 cm³/mol. The van der Waals surface area contributed by atoms with Gasteiger partial charge in [0.25, 0.3) is 0 Å². The highest BCUT2D eigenvalue weighted by atomic mass is 32.2. The zero-order chi connectivity index (χ0) is 22.8. The van der Waals surface area contributed by atoms with Gasteiger partial charge in [0.1, 0.15) is 0 Å². The van der Waals surface area contributed by atoms with Gasteiger partial charge in [-0.25, -0.2) is 13.9 Å². The fourth-order valence-corrected chi connectivity index (χ4v) is 4.69. The third-order valence-corrected chi connectivity index (χ3v) is 8.27. The third kappa shape index (κ3) is 4.63. The highest BCUT2D eigenvalue weighted by Crippen LogP contribution is 2.28. The lowest BCUT2D eigenvalue weighted by Gasteiger charge is -2.38. The lowest BCUT2D eigenvalue weighted by atomic mass is 9.98. The van der Waals surface area contributed by atoms with E-state index in [4.69, 9.17) is 0 Å². The fourth-order valence-electron chi connectivity index (χ4n) is 3.54. The van der Waals surface area contributed by atoms with Gasteiger partial charge in [-0.05, 0) is 38.0 Å². The first-order chi connectivity index (χ1) is 14.6. The Morgan fingerprint density at radius 2 is 1.84 bits per heavy atom. The standard InChI is InChI=1S/C20H28N6O4S/c1-15(23-28)20(2,31(4,29)30)9-12-25-14-24(3)18(13-19(25)27)16-5-7-17(8-6-16)26-21-10-11-22-26/h5-8,10-11,13,15,23,28H,9,12,14H2,1-4H3/t15?,20-/m1/s1. The van der Waals surface area contributed by atoms with Crippen LogP contribution in [0.3, 0.4) is 0 Å². The average molecular weight is 449 g/mol. The Bertz CT molecular complexity index is 1050. The van der Waals surface area contributed by atoms with Crippen LogP contribution in [-0.4, -0.2) is 81.6 Å². The van der Waals surface area contributed by atoms with Crippen molar-refractivity contribution in [3.05, 3.63) is 48.3 Å². The molecule has 0 radical (unpaired) electrons. The minimum Gasteiger partial charge on any atom is -0.356 e. The van der Waals surface area contributed by atoms with E-state index < -0.39 is 20.6 Å². The van der Waals surface area contributed by atoms with E-state index >= 15 is 0 Å². The largest absolute Gasteiger partial charge is 0.356 e. The molecule has 0 aliphatic carbocycles. The van der Waals surface area contributed by atoms with Crippen molar-refractivity contribution in [3.8, 4) is 5.69 Å². The molecule has 1 aliphatic heterocycles. The molecule has 0 bridgehead atoms. The number of sulfone groups is 1. The van der Waals surface area contributed by atoms with Crippen LogP contribution >= 0.6 is 0 Å². The zero-order valence-corrected chi connectivity index (χ0v) is 18.9. The van der Waals surface area contributed by atoms with Crippen molar-refractivity contribution >= 4 is 21.4 Å². The maximum Gasteiger partial charge on any atom is 0.250 e. The van der Waals surface area contributed by atoms with Crippen LogP contribution in [0.15, 0.2) is 42.7 Å². The molecule has 0 spiro atoms. The predicted octanol–water partition coefficient (Wildman–Crippen LogP) is 0.900. The average Bonchev–Trinajstić information content (AvgIpc) is 3.27. The van der Waals surface area contributed by atoms with Crippen molar-refractivity contribution in [3.63, 3.8) is 0 Å². The molecule has 1 amide bonds. The summed E-state index contributed by atoms with van der Waals surface area (Å²) >= 11 is 0. The van der Waals surface area contributed by atoms with E-state index in [9.17, 15) is 18.4 Å². The van der Waals surface area contributed by atoms with Gasteiger partial charge in [0.2, 0.25) is 5.91 Å². The minimum absolute atomic E-state index is 0.189. The van der Waals surface area contributed by atoms with Crippen LogP contribution in [0.25, 0.3) is 11.4 Å². The molecule has 1 aromatic carbocycles. The van der Waals surface area contributed by atoms with Gasteiger partial charge < -0.3 is 15.0 Å². The number of nitrogens with one attached hydrogen (secondary N) is 1. The number of nitrogens with zero attached hydrogens (tertiary/aromatic N) is 5. The van der Waals surface area contributed by atoms with Crippen LogP contribution in [0, 0.1) is 0 Å². The molecule has 0 saturated heterocycles. The number of benzene rings is 1. The van der Waals surface area contributed by atoms with E-state index in [1.54, 1.807) is 37.2 Å². The number of hydrogen-bond acceptors (Lipinski definition) is 8. The first-order valence-electron chi connectivity index (χ1n) is 9.85. The number of hydrogen-bond donors (Lipinski definition) is 2. The quantitative estimate of drug-likeness (QED) is 0.572. The molecule has 0 fully saturated rings. The smallest absolute Gasteiger partial charge is 0.250 e. The zero-order valence-electron chi connectivity index (χ0n) is 18.1. The topological polar surface area (TPSA) is 121 Å². The van der Waals surface area contributed by atoms with Gasteiger partial charge in [-0.1, -0.05) is 12.1 Å². The summed E-state index contributed by atoms with van der Waals surface area (Å²) in [5.74, 6) is -0.189. The summed E-state index contributed by atoms with van der Waals surface area (Å²) in [5, 5.41) is 17.5. The summed E-state index contributed by atoms with van der Waals surface area (Å²) < 4.78 is 23.4. The Morgan fingerprint density at radius 3 is 2.39 bits per heavy atom. The fraction of sp³-hybridized carbons (Fsp3) is 0.450. The van der Waals surface area contributed by atoms with Gasteiger partial charge in [-0.15, -0.1) is 0 Å². The number of rotatable bonds is 8. The van der Waals surface area contributed by atoms with Crippen LogP contribution in [0.1, 0.15) is 25.8 Å². The second kappa shape index (κ2) is 8.77. The third-order valence-electron chi connectivity index (χ3n) is 6.01. The first-order valence-corrected chi connectivity index (χ1v) is 11.7. The molecule has 1 unspecified atom stereocenters. The minimum atomic E-state index is -3.49. The molecule has 1 aliphatic rings. The van der Waals surface area contributed by atoms with Crippen LogP contribution in [0.2, 0.25) is 0 Å². The highest BCUT2D eigenvalue weighted by Gasteiger charge is 2.41. The molecular weight excluding hydrogens is 420 g/mol. The van der Waals surface area contributed by atoms with Gasteiger partial charge in [0, 0.05) is 32.0 Å². The summed E-state index contributed by atoms with van der Waals surface area (Å²) in [5.41, 5.74) is 4.52. The van der Waals surface area contributed by atoms with Crippen molar-refractivity contribution in [2.24, 2.45) is 0 Å². The van der Waals surface area contributed by atoms with E-state index in [0.29, 0.717) is 6.67 Å². The number of amides is 1. The Labute approximate surface area is 182 Å². The van der Waals surface area contributed by atoms with Crippen molar-refractivity contribution in [2.75, 3.05) is 26.5 Å².